The Morgan fingerprint density at radius 1 is 1.43 bits per heavy atom. The van der Waals surface area contributed by atoms with Crippen molar-refractivity contribution < 1.29 is 22.7 Å². The van der Waals surface area contributed by atoms with Crippen LogP contribution in [0.5, 0.6) is 0 Å². The number of nitrogens with zero attached hydrogens (tertiary/aromatic N) is 3. The first kappa shape index (κ1) is 17.0. The van der Waals surface area contributed by atoms with Gasteiger partial charge in [0.2, 0.25) is 10.0 Å². The Labute approximate surface area is 132 Å². The van der Waals surface area contributed by atoms with E-state index in [0.29, 0.717) is 12.2 Å². The lowest BCUT2D eigenvalue weighted by atomic mass is 10.1. The zero-order valence-electron chi connectivity index (χ0n) is 12.2. The lowest BCUT2D eigenvalue weighted by molar-refractivity contribution is -0.136. The Hall–Kier alpha value is -2.33. The van der Waals surface area contributed by atoms with E-state index in [9.17, 15) is 17.6 Å². The summed E-state index contributed by atoms with van der Waals surface area (Å²) in [4.78, 5) is 10.3. The summed E-state index contributed by atoms with van der Waals surface area (Å²) < 4.78 is 42.0. The molecule has 1 aromatic heterocycles. The summed E-state index contributed by atoms with van der Waals surface area (Å²) in [6.07, 6.45) is 0.920. The van der Waals surface area contributed by atoms with Crippen molar-refractivity contribution in [1.29, 1.82) is 0 Å². The van der Waals surface area contributed by atoms with E-state index in [1.807, 2.05) is 6.92 Å². The number of benzene rings is 1. The normalized spacial score (nSPS) is 11.6. The van der Waals surface area contributed by atoms with Gasteiger partial charge in [-0.2, -0.15) is 0 Å². The van der Waals surface area contributed by atoms with Crippen LogP contribution in [0.1, 0.15) is 18.2 Å². The summed E-state index contributed by atoms with van der Waals surface area (Å²) in [6.45, 7) is 2.33. The minimum absolute atomic E-state index is 0.0400. The highest BCUT2D eigenvalue weighted by molar-refractivity contribution is 7.89. The number of halogens is 1. The zero-order valence-corrected chi connectivity index (χ0v) is 13.0. The third-order valence-electron chi connectivity index (χ3n) is 3.12. The molecule has 2 aromatic rings. The third kappa shape index (κ3) is 4.11. The molecule has 2 rings (SSSR count). The van der Waals surface area contributed by atoms with Crippen LogP contribution in [-0.2, 0) is 34.3 Å². The van der Waals surface area contributed by atoms with Gasteiger partial charge in [-0.3, -0.25) is 4.79 Å². The van der Waals surface area contributed by atoms with Crippen LogP contribution in [-0.4, -0.2) is 34.5 Å². The van der Waals surface area contributed by atoms with Gasteiger partial charge in [0, 0.05) is 6.54 Å². The Kier molecular flexibility index (Phi) is 5.06. The van der Waals surface area contributed by atoms with Crippen molar-refractivity contribution in [2.45, 2.75) is 31.3 Å². The van der Waals surface area contributed by atoms with E-state index in [1.165, 1.54) is 16.9 Å². The van der Waals surface area contributed by atoms with Crippen molar-refractivity contribution in [1.82, 2.24) is 19.7 Å². The van der Waals surface area contributed by atoms with Crippen molar-refractivity contribution in [3.8, 4) is 0 Å². The Balaban J connectivity index is 2.16. The van der Waals surface area contributed by atoms with Crippen molar-refractivity contribution in [2.75, 3.05) is 0 Å². The first-order valence-electron chi connectivity index (χ1n) is 6.70. The van der Waals surface area contributed by atoms with E-state index in [1.54, 1.807) is 0 Å². The summed E-state index contributed by atoms with van der Waals surface area (Å²) >= 11 is 0. The fraction of sp³-hybridized carbons (Fsp3) is 0.308. The molecule has 0 radical (unpaired) electrons. The quantitative estimate of drug-likeness (QED) is 0.759. The lowest BCUT2D eigenvalue weighted by Gasteiger charge is -2.08. The Morgan fingerprint density at radius 3 is 2.78 bits per heavy atom. The van der Waals surface area contributed by atoms with Crippen LogP contribution in [0.25, 0.3) is 0 Å². The molecule has 0 saturated heterocycles. The van der Waals surface area contributed by atoms with Crippen molar-refractivity contribution >= 4 is 16.0 Å². The molecule has 8 nitrogen and oxygen atoms in total. The standard InChI is InChI=1S/C13H15FN4O4S/c1-2-18-10(7-15-17-18)8-16-23(21,22)11-4-3-9(5-13(19)20)12(14)6-11/h3-4,6-7,16H,2,5,8H2,1H3,(H,19,20). The van der Waals surface area contributed by atoms with Crippen LogP contribution in [0.2, 0.25) is 0 Å². The van der Waals surface area contributed by atoms with Crippen LogP contribution in [0.15, 0.2) is 29.3 Å². The van der Waals surface area contributed by atoms with Gasteiger partial charge in [0.25, 0.3) is 0 Å². The topological polar surface area (TPSA) is 114 Å². The molecule has 23 heavy (non-hydrogen) atoms. The van der Waals surface area contributed by atoms with Gasteiger partial charge in [0.05, 0.1) is 29.8 Å². The average molecular weight is 342 g/mol. The second-order valence-electron chi connectivity index (χ2n) is 4.69. The number of hydrogen-bond acceptors (Lipinski definition) is 5. The molecule has 0 amide bonds. The maximum Gasteiger partial charge on any atom is 0.307 e. The van der Waals surface area contributed by atoms with Crippen molar-refractivity contribution in [3.05, 3.63) is 41.5 Å². The second kappa shape index (κ2) is 6.84. The molecule has 1 heterocycles. The van der Waals surface area contributed by atoms with Gasteiger partial charge in [-0.05, 0) is 24.6 Å². The highest BCUT2D eigenvalue weighted by Gasteiger charge is 2.18. The van der Waals surface area contributed by atoms with Crippen LogP contribution in [0.3, 0.4) is 0 Å². The summed E-state index contributed by atoms with van der Waals surface area (Å²) in [5.74, 6) is -2.08. The molecule has 0 aliphatic heterocycles. The average Bonchev–Trinajstić information content (AvgIpc) is 2.94. The summed E-state index contributed by atoms with van der Waals surface area (Å²) in [5.41, 5.74) is 0.490. The van der Waals surface area contributed by atoms with E-state index >= 15 is 0 Å². The zero-order chi connectivity index (χ0) is 17.0. The van der Waals surface area contributed by atoms with E-state index in [4.69, 9.17) is 5.11 Å². The van der Waals surface area contributed by atoms with Crippen LogP contribution in [0.4, 0.5) is 4.39 Å². The van der Waals surface area contributed by atoms with E-state index in [2.05, 4.69) is 15.0 Å². The van der Waals surface area contributed by atoms with Gasteiger partial charge < -0.3 is 5.11 Å². The molecule has 0 bridgehead atoms. The number of sulfonamides is 1. The maximum atomic E-state index is 13.8. The highest BCUT2D eigenvalue weighted by Crippen LogP contribution is 2.16. The molecular formula is C13H15FN4O4S. The first-order chi connectivity index (χ1) is 10.8. The van der Waals surface area contributed by atoms with E-state index < -0.39 is 28.2 Å². The first-order valence-corrected chi connectivity index (χ1v) is 8.19. The molecule has 2 N–H and O–H groups in total. The Bertz CT molecular complexity index is 819. The fourth-order valence-corrected chi connectivity index (χ4v) is 2.95. The number of hydrogen-bond donors (Lipinski definition) is 2. The van der Waals surface area contributed by atoms with Gasteiger partial charge in [-0.25, -0.2) is 22.2 Å². The minimum Gasteiger partial charge on any atom is -0.481 e. The van der Waals surface area contributed by atoms with E-state index in [-0.39, 0.29) is 17.0 Å². The van der Waals surface area contributed by atoms with Crippen molar-refractivity contribution in [3.63, 3.8) is 0 Å². The number of aromatic nitrogens is 3. The van der Waals surface area contributed by atoms with Crippen LogP contribution in [0, 0.1) is 5.82 Å². The molecule has 124 valence electrons. The number of aliphatic carboxylic acids is 1. The molecule has 0 unspecified atom stereocenters. The molecule has 0 fully saturated rings. The number of aryl methyl sites for hydroxylation is 1. The molecule has 0 spiro atoms. The lowest BCUT2D eigenvalue weighted by Crippen LogP contribution is -2.25. The number of carboxylic acids is 1. The number of carboxylic acid groups (broad SMARTS) is 1. The largest absolute Gasteiger partial charge is 0.481 e. The predicted molar refractivity (Wildman–Crippen MR) is 77.5 cm³/mol. The molecule has 0 saturated carbocycles. The SMILES string of the molecule is CCn1nncc1CNS(=O)(=O)c1ccc(CC(=O)O)c(F)c1. The molecule has 10 heteroatoms. The van der Waals surface area contributed by atoms with Gasteiger partial charge in [-0.1, -0.05) is 11.3 Å². The maximum absolute atomic E-state index is 13.8. The second-order valence-corrected chi connectivity index (χ2v) is 6.46. The van der Waals surface area contributed by atoms with Gasteiger partial charge in [-0.15, -0.1) is 5.10 Å². The number of carbonyl (C=O) groups is 1. The molecule has 0 aliphatic rings. The highest BCUT2D eigenvalue weighted by atomic mass is 32.2. The predicted octanol–water partition coefficient (Wildman–Crippen LogP) is 0.543. The monoisotopic (exact) mass is 342 g/mol. The fourth-order valence-electron chi connectivity index (χ4n) is 1.94. The van der Waals surface area contributed by atoms with Gasteiger partial charge in [0.15, 0.2) is 0 Å². The third-order valence-corrected chi connectivity index (χ3v) is 4.52. The van der Waals surface area contributed by atoms with Crippen LogP contribution >= 0.6 is 0 Å². The molecule has 1 aromatic carbocycles. The minimum atomic E-state index is -3.94. The molecular weight excluding hydrogens is 327 g/mol. The van der Waals surface area contributed by atoms with E-state index in [0.717, 1.165) is 12.1 Å². The Morgan fingerprint density at radius 2 is 2.17 bits per heavy atom. The summed E-state index contributed by atoms with van der Waals surface area (Å²) in [7, 11) is -3.94. The van der Waals surface area contributed by atoms with Crippen molar-refractivity contribution in [2.24, 2.45) is 0 Å². The number of rotatable bonds is 7. The molecule has 0 aliphatic carbocycles. The van der Waals surface area contributed by atoms with Gasteiger partial charge in [0.1, 0.15) is 5.82 Å². The van der Waals surface area contributed by atoms with Crippen LogP contribution < -0.4 is 4.72 Å². The summed E-state index contributed by atoms with van der Waals surface area (Å²) in [6, 6.07) is 3.12. The molecule has 0 atom stereocenters. The summed E-state index contributed by atoms with van der Waals surface area (Å²) in [5, 5.41) is 16.1. The van der Waals surface area contributed by atoms with Gasteiger partial charge >= 0.3 is 5.97 Å². The smallest absolute Gasteiger partial charge is 0.307 e. The number of nitrogens with one attached hydrogen (secondary N) is 1.